The number of nitrogens with zero attached hydrogens (tertiary/aromatic N) is 1. The predicted octanol–water partition coefficient (Wildman–Crippen LogP) is 5.50. The van der Waals surface area contributed by atoms with Gasteiger partial charge in [0.1, 0.15) is 0 Å². The summed E-state index contributed by atoms with van der Waals surface area (Å²) in [6.45, 7) is 5.88. The van der Waals surface area contributed by atoms with Gasteiger partial charge in [0.05, 0.1) is 0 Å². The fourth-order valence-corrected chi connectivity index (χ4v) is 2.74. The third-order valence-corrected chi connectivity index (χ3v) is 3.81. The maximum atomic E-state index is 2.37. The summed E-state index contributed by atoms with van der Waals surface area (Å²) >= 11 is 0. The minimum Gasteiger partial charge on any atom is -0.309 e. The lowest BCUT2D eigenvalue weighted by Crippen LogP contribution is -2.21. The van der Waals surface area contributed by atoms with Crippen molar-refractivity contribution in [1.82, 2.24) is 4.90 Å². The summed E-state index contributed by atoms with van der Waals surface area (Å²) in [5.41, 5.74) is 0. The molecule has 0 spiro atoms. The van der Waals surface area contributed by atoms with Gasteiger partial charge < -0.3 is 4.90 Å². The molecule has 0 heterocycles. The van der Waals surface area contributed by atoms with E-state index < -0.39 is 0 Å². The Hall–Kier alpha value is -0.0400. The Bertz CT molecular complexity index is 154. The molecule has 0 rings (SSSR count). The molecule has 0 aromatic rings. The van der Waals surface area contributed by atoms with Crippen LogP contribution >= 0.6 is 0 Å². The van der Waals surface area contributed by atoms with Crippen molar-refractivity contribution in [3.05, 3.63) is 0 Å². The quantitative estimate of drug-likeness (QED) is 0.393. The van der Waals surface area contributed by atoms with Gasteiger partial charge in [0.2, 0.25) is 0 Å². The van der Waals surface area contributed by atoms with Crippen LogP contribution in [0.25, 0.3) is 0 Å². The van der Waals surface area contributed by atoms with Gasteiger partial charge in [-0.05, 0) is 32.9 Å². The zero-order chi connectivity index (χ0) is 13.6. The molecule has 110 valence electrons. The average molecular weight is 255 g/mol. The van der Waals surface area contributed by atoms with Crippen molar-refractivity contribution < 1.29 is 0 Å². The molecule has 0 N–H and O–H groups in total. The van der Waals surface area contributed by atoms with Crippen molar-refractivity contribution in [2.45, 2.75) is 84.5 Å². The largest absolute Gasteiger partial charge is 0.309 e. The van der Waals surface area contributed by atoms with E-state index in [1.807, 2.05) is 0 Å². The molecule has 1 unspecified atom stereocenters. The monoisotopic (exact) mass is 255 g/mol. The fraction of sp³-hybridized carbons (Fsp3) is 1.00. The van der Waals surface area contributed by atoms with Gasteiger partial charge in [-0.2, -0.15) is 0 Å². The topological polar surface area (TPSA) is 3.24 Å². The molecule has 0 fully saturated rings. The summed E-state index contributed by atoms with van der Waals surface area (Å²) in [5.74, 6) is 0.943. The SMILES string of the molecule is CCCCCCCC(CCCCCC)CN(C)C. The normalized spacial score (nSPS) is 13.2. The van der Waals surface area contributed by atoms with Crippen LogP contribution in [0.3, 0.4) is 0 Å². The summed E-state index contributed by atoms with van der Waals surface area (Å²) in [7, 11) is 4.44. The van der Waals surface area contributed by atoms with Crippen LogP contribution in [0.15, 0.2) is 0 Å². The lowest BCUT2D eigenvalue weighted by Gasteiger charge is -2.21. The van der Waals surface area contributed by atoms with Crippen LogP contribution < -0.4 is 0 Å². The maximum Gasteiger partial charge on any atom is 0.000356 e. The van der Waals surface area contributed by atoms with E-state index in [0.29, 0.717) is 0 Å². The smallest absolute Gasteiger partial charge is 0.000356 e. The van der Waals surface area contributed by atoms with E-state index in [1.54, 1.807) is 0 Å². The van der Waals surface area contributed by atoms with E-state index in [-0.39, 0.29) is 0 Å². The summed E-state index contributed by atoms with van der Waals surface area (Å²) in [5, 5.41) is 0. The molecule has 1 nitrogen and oxygen atoms in total. The van der Waals surface area contributed by atoms with Crippen LogP contribution in [0.2, 0.25) is 0 Å². The highest BCUT2D eigenvalue weighted by Gasteiger charge is 2.09. The molecule has 0 aromatic heterocycles. The molecule has 0 aliphatic carbocycles. The van der Waals surface area contributed by atoms with Gasteiger partial charge in [0.25, 0.3) is 0 Å². The Balaban J connectivity index is 3.63. The number of hydrogen-bond donors (Lipinski definition) is 0. The summed E-state index contributed by atoms with van der Waals surface area (Å²) in [4.78, 5) is 2.37. The number of unbranched alkanes of at least 4 members (excludes halogenated alkanes) is 7. The Morgan fingerprint density at radius 3 is 1.56 bits per heavy atom. The molecule has 0 saturated carbocycles. The molecule has 18 heavy (non-hydrogen) atoms. The lowest BCUT2D eigenvalue weighted by atomic mass is 9.94. The van der Waals surface area contributed by atoms with Crippen LogP contribution in [-0.2, 0) is 0 Å². The summed E-state index contributed by atoms with van der Waals surface area (Å²) in [6.07, 6.45) is 15.7. The molecule has 0 aromatic carbocycles. The molecular formula is C17H37N. The number of hydrogen-bond acceptors (Lipinski definition) is 1. The van der Waals surface area contributed by atoms with Crippen LogP contribution in [-0.4, -0.2) is 25.5 Å². The molecule has 0 aliphatic heterocycles. The lowest BCUT2D eigenvalue weighted by molar-refractivity contribution is 0.286. The molecule has 1 atom stereocenters. The van der Waals surface area contributed by atoms with Crippen LogP contribution in [0.5, 0.6) is 0 Å². The first-order chi connectivity index (χ1) is 8.70. The first-order valence-electron chi connectivity index (χ1n) is 8.35. The van der Waals surface area contributed by atoms with Gasteiger partial charge in [0.15, 0.2) is 0 Å². The van der Waals surface area contributed by atoms with E-state index in [2.05, 4.69) is 32.8 Å². The Morgan fingerprint density at radius 2 is 1.11 bits per heavy atom. The van der Waals surface area contributed by atoms with Gasteiger partial charge in [-0.15, -0.1) is 0 Å². The summed E-state index contributed by atoms with van der Waals surface area (Å²) < 4.78 is 0. The maximum absolute atomic E-state index is 2.37. The van der Waals surface area contributed by atoms with Crippen molar-refractivity contribution >= 4 is 0 Å². The van der Waals surface area contributed by atoms with Crippen molar-refractivity contribution in [1.29, 1.82) is 0 Å². The van der Waals surface area contributed by atoms with Crippen LogP contribution in [0.4, 0.5) is 0 Å². The molecular weight excluding hydrogens is 218 g/mol. The molecule has 0 radical (unpaired) electrons. The predicted molar refractivity (Wildman–Crippen MR) is 84.2 cm³/mol. The van der Waals surface area contributed by atoms with E-state index >= 15 is 0 Å². The van der Waals surface area contributed by atoms with Crippen LogP contribution in [0.1, 0.15) is 84.5 Å². The van der Waals surface area contributed by atoms with Gasteiger partial charge in [0, 0.05) is 6.54 Å². The molecule has 0 aliphatic rings. The molecule has 0 bridgehead atoms. The first-order valence-corrected chi connectivity index (χ1v) is 8.35. The zero-order valence-electron chi connectivity index (χ0n) is 13.5. The molecule has 0 saturated heterocycles. The highest BCUT2D eigenvalue weighted by Crippen LogP contribution is 2.19. The van der Waals surface area contributed by atoms with E-state index in [1.165, 1.54) is 77.2 Å². The van der Waals surface area contributed by atoms with Gasteiger partial charge >= 0.3 is 0 Å². The average Bonchev–Trinajstić information content (AvgIpc) is 2.33. The highest BCUT2D eigenvalue weighted by atomic mass is 15.1. The van der Waals surface area contributed by atoms with Crippen molar-refractivity contribution in [3.63, 3.8) is 0 Å². The Kier molecular flexibility index (Phi) is 13.4. The fourth-order valence-electron chi connectivity index (χ4n) is 2.74. The van der Waals surface area contributed by atoms with Gasteiger partial charge in [-0.1, -0.05) is 71.6 Å². The Morgan fingerprint density at radius 1 is 0.667 bits per heavy atom. The van der Waals surface area contributed by atoms with E-state index in [4.69, 9.17) is 0 Å². The van der Waals surface area contributed by atoms with Crippen molar-refractivity contribution in [2.24, 2.45) is 5.92 Å². The second kappa shape index (κ2) is 13.4. The molecule has 1 heteroatoms. The minimum atomic E-state index is 0.943. The first kappa shape index (κ1) is 18.0. The van der Waals surface area contributed by atoms with Crippen molar-refractivity contribution in [3.8, 4) is 0 Å². The molecule has 0 amide bonds. The van der Waals surface area contributed by atoms with Gasteiger partial charge in [-0.3, -0.25) is 0 Å². The zero-order valence-corrected chi connectivity index (χ0v) is 13.5. The Labute approximate surface area is 116 Å². The highest BCUT2D eigenvalue weighted by molar-refractivity contribution is 4.63. The third kappa shape index (κ3) is 12.4. The number of rotatable bonds is 13. The third-order valence-electron chi connectivity index (χ3n) is 3.81. The standard InChI is InChI=1S/C17H37N/c1-5-7-9-11-13-15-17(16-18(3)4)14-12-10-8-6-2/h17H,5-16H2,1-4H3. The second-order valence-corrected chi connectivity index (χ2v) is 6.18. The van der Waals surface area contributed by atoms with Gasteiger partial charge in [-0.25, -0.2) is 0 Å². The second-order valence-electron chi connectivity index (χ2n) is 6.18. The minimum absolute atomic E-state index is 0.943. The summed E-state index contributed by atoms with van der Waals surface area (Å²) in [6, 6.07) is 0. The van der Waals surface area contributed by atoms with E-state index in [0.717, 1.165) is 5.92 Å². The van der Waals surface area contributed by atoms with Crippen molar-refractivity contribution in [2.75, 3.05) is 20.6 Å². The van der Waals surface area contributed by atoms with E-state index in [9.17, 15) is 0 Å². The van der Waals surface area contributed by atoms with Crippen LogP contribution in [0, 0.1) is 5.92 Å².